The number of nitrogens with zero attached hydrogens (tertiary/aromatic N) is 3. The average Bonchev–Trinajstić information content (AvgIpc) is 2.52. The summed E-state index contributed by atoms with van der Waals surface area (Å²) in [5.74, 6) is 0. The smallest absolute Gasteiger partial charge is 0.428 e. The molecule has 0 aliphatic rings. The van der Waals surface area contributed by atoms with Crippen LogP contribution in [0.25, 0.3) is 0 Å². The summed E-state index contributed by atoms with van der Waals surface area (Å²) in [5, 5.41) is 3.90. The van der Waals surface area contributed by atoms with E-state index >= 15 is 0 Å². The number of benzene rings is 1. The molecule has 0 aliphatic carbocycles. The fourth-order valence-corrected chi connectivity index (χ4v) is 1.43. The van der Waals surface area contributed by atoms with Gasteiger partial charge in [0, 0.05) is 12.4 Å². The van der Waals surface area contributed by atoms with Crippen molar-refractivity contribution >= 4 is 11.8 Å². The molecule has 0 aliphatic heterocycles. The molecule has 2 rings (SSSR count). The Kier molecular flexibility index (Phi) is 4.77. The maximum Gasteiger partial charge on any atom is 0.428 e. The van der Waals surface area contributed by atoms with Crippen molar-refractivity contribution in [2.75, 3.05) is 0 Å². The SMILES string of the molecule is CC(=NNC(=O)OCc1ccccc1)c1cnccn1. The Morgan fingerprint density at radius 3 is 2.80 bits per heavy atom. The van der Waals surface area contributed by atoms with Crippen LogP contribution in [0.1, 0.15) is 18.2 Å². The molecule has 6 nitrogen and oxygen atoms in total. The fraction of sp³-hybridized carbons (Fsp3) is 0.143. The summed E-state index contributed by atoms with van der Waals surface area (Å²) < 4.78 is 5.02. The summed E-state index contributed by atoms with van der Waals surface area (Å²) in [6.07, 6.45) is 4.08. The van der Waals surface area contributed by atoms with Crippen LogP contribution in [-0.4, -0.2) is 21.8 Å². The number of hydrogen-bond acceptors (Lipinski definition) is 5. The zero-order valence-electron chi connectivity index (χ0n) is 11.0. The van der Waals surface area contributed by atoms with Crippen LogP contribution in [0.15, 0.2) is 54.0 Å². The Hall–Kier alpha value is -2.76. The summed E-state index contributed by atoms with van der Waals surface area (Å²) in [6, 6.07) is 9.42. The standard InChI is InChI=1S/C14H14N4O2/c1-11(13-9-15-7-8-16-13)17-18-14(19)20-10-12-5-3-2-4-6-12/h2-9H,10H2,1H3,(H,18,19). The van der Waals surface area contributed by atoms with Gasteiger partial charge in [0.2, 0.25) is 0 Å². The lowest BCUT2D eigenvalue weighted by Gasteiger charge is -2.04. The van der Waals surface area contributed by atoms with Gasteiger partial charge in [0.25, 0.3) is 0 Å². The van der Waals surface area contributed by atoms with E-state index in [0.717, 1.165) is 5.56 Å². The summed E-state index contributed by atoms with van der Waals surface area (Å²) in [4.78, 5) is 19.5. The van der Waals surface area contributed by atoms with Crippen molar-refractivity contribution in [2.24, 2.45) is 5.10 Å². The highest BCUT2D eigenvalue weighted by Gasteiger charge is 2.03. The molecule has 0 saturated heterocycles. The fourth-order valence-electron chi connectivity index (χ4n) is 1.43. The number of amides is 1. The van der Waals surface area contributed by atoms with Crippen molar-refractivity contribution in [3.8, 4) is 0 Å². The zero-order chi connectivity index (χ0) is 14.2. The molecule has 1 aromatic carbocycles. The molecule has 0 radical (unpaired) electrons. The number of nitrogens with one attached hydrogen (secondary N) is 1. The Morgan fingerprint density at radius 1 is 1.30 bits per heavy atom. The van der Waals surface area contributed by atoms with Crippen LogP contribution in [0, 0.1) is 0 Å². The van der Waals surface area contributed by atoms with Gasteiger partial charge in [-0.05, 0) is 12.5 Å². The van der Waals surface area contributed by atoms with E-state index in [4.69, 9.17) is 4.74 Å². The monoisotopic (exact) mass is 270 g/mol. The van der Waals surface area contributed by atoms with Gasteiger partial charge in [0.1, 0.15) is 12.3 Å². The summed E-state index contributed by atoms with van der Waals surface area (Å²) in [7, 11) is 0. The van der Waals surface area contributed by atoms with Crippen LogP contribution in [0.3, 0.4) is 0 Å². The van der Waals surface area contributed by atoms with E-state index in [0.29, 0.717) is 11.4 Å². The van der Waals surface area contributed by atoms with Gasteiger partial charge < -0.3 is 4.74 Å². The van der Waals surface area contributed by atoms with E-state index in [1.165, 1.54) is 0 Å². The molecule has 0 bridgehead atoms. The van der Waals surface area contributed by atoms with Gasteiger partial charge in [-0.15, -0.1) is 0 Å². The van der Waals surface area contributed by atoms with Gasteiger partial charge in [-0.1, -0.05) is 30.3 Å². The van der Waals surface area contributed by atoms with E-state index < -0.39 is 6.09 Å². The lowest BCUT2D eigenvalue weighted by atomic mass is 10.2. The summed E-state index contributed by atoms with van der Waals surface area (Å²) in [5.41, 5.74) is 4.37. The Bertz CT molecular complexity index is 585. The van der Waals surface area contributed by atoms with Crippen molar-refractivity contribution in [3.63, 3.8) is 0 Å². The molecule has 1 amide bonds. The summed E-state index contributed by atoms with van der Waals surface area (Å²) in [6.45, 7) is 1.92. The van der Waals surface area contributed by atoms with Crippen LogP contribution in [-0.2, 0) is 11.3 Å². The zero-order valence-corrected chi connectivity index (χ0v) is 11.0. The minimum Gasteiger partial charge on any atom is -0.443 e. The Labute approximate surface area is 116 Å². The molecule has 1 heterocycles. The highest BCUT2D eigenvalue weighted by Crippen LogP contribution is 2.00. The maximum atomic E-state index is 11.5. The number of hydrazone groups is 1. The molecule has 0 unspecified atom stereocenters. The van der Waals surface area contributed by atoms with Gasteiger partial charge in [0.15, 0.2) is 0 Å². The quantitative estimate of drug-likeness (QED) is 0.682. The van der Waals surface area contributed by atoms with E-state index in [9.17, 15) is 4.79 Å². The predicted octanol–water partition coefficient (Wildman–Crippen LogP) is 2.13. The molecule has 6 heteroatoms. The molecule has 0 spiro atoms. The highest BCUT2D eigenvalue weighted by molar-refractivity contribution is 5.96. The number of ether oxygens (including phenoxy) is 1. The summed E-state index contributed by atoms with van der Waals surface area (Å²) >= 11 is 0. The van der Waals surface area contributed by atoms with Gasteiger partial charge in [0.05, 0.1) is 11.9 Å². The Balaban J connectivity index is 1.83. The van der Waals surface area contributed by atoms with Crippen molar-refractivity contribution in [3.05, 3.63) is 60.2 Å². The van der Waals surface area contributed by atoms with Crippen LogP contribution in [0.4, 0.5) is 4.79 Å². The third kappa shape index (κ3) is 4.16. The van der Waals surface area contributed by atoms with Crippen molar-refractivity contribution < 1.29 is 9.53 Å². The van der Waals surface area contributed by atoms with Crippen LogP contribution < -0.4 is 5.43 Å². The Morgan fingerprint density at radius 2 is 2.10 bits per heavy atom. The minimum atomic E-state index is -0.614. The number of hydrogen-bond donors (Lipinski definition) is 1. The number of carbonyl (C=O) groups is 1. The second-order valence-corrected chi connectivity index (χ2v) is 3.96. The van der Waals surface area contributed by atoms with Gasteiger partial charge in [-0.25, -0.2) is 10.2 Å². The number of rotatable bonds is 4. The molecule has 20 heavy (non-hydrogen) atoms. The van der Waals surface area contributed by atoms with Crippen LogP contribution in [0.2, 0.25) is 0 Å². The van der Waals surface area contributed by atoms with Gasteiger partial charge in [-0.3, -0.25) is 9.97 Å². The normalized spacial score (nSPS) is 10.9. The highest BCUT2D eigenvalue weighted by atomic mass is 16.5. The van der Waals surface area contributed by atoms with E-state index in [-0.39, 0.29) is 6.61 Å². The average molecular weight is 270 g/mol. The third-order valence-electron chi connectivity index (χ3n) is 2.46. The van der Waals surface area contributed by atoms with Crippen molar-refractivity contribution in [1.82, 2.24) is 15.4 Å². The first-order valence-electron chi connectivity index (χ1n) is 6.03. The molecule has 0 atom stereocenters. The molecular weight excluding hydrogens is 256 g/mol. The second-order valence-electron chi connectivity index (χ2n) is 3.96. The molecule has 0 saturated carbocycles. The van der Waals surface area contributed by atoms with Crippen molar-refractivity contribution in [1.29, 1.82) is 0 Å². The van der Waals surface area contributed by atoms with E-state index in [1.807, 2.05) is 30.3 Å². The van der Waals surface area contributed by atoms with Crippen LogP contribution in [0.5, 0.6) is 0 Å². The molecular formula is C14H14N4O2. The largest absolute Gasteiger partial charge is 0.443 e. The molecule has 0 fully saturated rings. The minimum absolute atomic E-state index is 0.201. The van der Waals surface area contributed by atoms with E-state index in [2.05, 4.69) is 20.5 Å². The van der Waals surface area contributed by atoms with Crippen molar-refractivity contribution in [2.45, 2.75) is 13.5 Å². The third-order valence-corrected chi connectivity index (χ3v) is 2.46. The van der Waals surface area contributed by atoms with Gasteiger partial charge >= 0.3 is 6.09 Å². The maximum absolute atomic E-state index is 11.5. The molecule has 1 aromatic heterocycles. The lowest BCUT2D eigenvalue weighted by Crippen LogP contribution is -2.20. The molecule has 1 N–H and O–H groups in total. The first-order valence-corrected chi connectivity index (χ1v) is 6.03. The molecule has 102 valence electrons. The van der Waals surface area contributed by atoms with Crippen LogP contribution >= 0.6 is 0 Å². The number of carbonyl (C=O) groups excluding carboxylic acids is 1. The first kappa shape index (κ1) is 13.7. The molecule has 2 aromatic rings. The topological polar surface area (TPSA) is 76.5 Å². The predicted molar refractivity (Wildman–Crippen MR) is 74.0 cm³/mol. The second kappa shape index (κ2) is 6.98. The van der Waals surface area contributed by atoms with Gasteiger partial charge in [-0.2, -0.15) is 5.10 Å². The van der Waals surface area contributed by atoms with E-state index in [1.54, 1.807) is 25.5 Å². The lowest BCUT2D eigenvalue weighted by molar-refractivity contribution is 0.140. The first-order chi connectivity index (χ1) is 9.75. The number of aromatic nitrogens is 2.